The van der Waals surface area contributed by atoms with E-state index in [4.69, 9.17) is 16.6 Å². The molecule has 1 aromatic carbocycles. The van der Waals surface area contributed by atoms with Gasteiger partial charge in [-0.25, -0.2) is 4.98 Å². The maximum atomic E-state index is 6.34. The maximum absolute atomic E-state index is 6.34. The first-order valence-corrected chi connectivity index (χ1v) is 8.16. The fourth-order valence-corrected chi connectivity index (χ4v) is 3.19. The Morgan fingerprint density at radius 3 is 2.62 bits per heavy atom. The first kappa shape index (κ1) is 14.8. The van der Waals surface area contributed by atoms with E-state index >= 15 is 0 Å². The lowest BCUT2D eigenvalue weighted by Gasteiger charge is -2.17. The molecule has 0 radical (unpaired) electrons. The van der Waals surface area contributed by atoms with Crippen LogP contribution in [0.5, 0.6) is 0 Å². The number of nitrogens with zero attached hydrogens (tertiary/aromatic N) is 5. The van der Waals surface area contributed by atoms with E-state index in [1.165, 1.54) is 0 Å². The Kier molecular flexibility index (Phi) is 3.92. The van der Waals surface area contributed by atoms with Gasteiger partial charge < -0.3 is 9.13 Å². The van der Waals surface area contributed by atoms with Gasteiger partial charge in [-0.05, 0) is 54.6 Å². The van der Waals surface area contributed by atoms with Crippen LogP contribution in [0, 0.1) is 3.57 Å². The van der Waals surface area contributed by atoms with E-state index in [0.29, 0.717) is 0 Å². The lowest BCUT2D eigenvalue weighted by molar-refractivity contribution is 0.563. The van der Waals surface area contributed by atoms with Gasteiger partial charge in [0.1, 0.15) is 12.2 Å². The normalized spacial score (nSPS) is 14.5. The zero-order valence-electron chi connectivity index (χ0n) is 12.0. The third-order valence-corrected chi connectivity index (χ3v) is 4.41. The van der Waals surface area contributed by atoms with Crippen molar-refractivity contribution in [2.24, 2.45) is 7.05 Å². The first-order chi connectivity index (χ1) is 9.99. The summed E-state index contributed by atoms with van der Waals surface area (Å²) in [6, 6.07) is 6.24. The molecule has 0 bridgehead atoms. The van der Waals surface area contributed by atoms with Crippen molar-refractivity contribution >= 4 is 45.2 Å². The van der Waals surface area contributed by atoms with Gasteiger partial charge in [-0.3, -0.25) is 0 Å². The number of hydrogen-bond donors (Lipinski definition) is 0. The third-order valence-electron chi connectivity index (χ3n) is 3.54. The molecule has 2 aromatic heterocycles. The van der Waals surface area contributed by atoms with Crippen LogP contribution < -0.4 is 0 Å². The average Bonchev–Trinajstić information content (AvgIpc) is 3.01. The number of aryl methyl sites for hydroxylation is 1. The van der Waals surface area contributed by atoms with E-state index in [2.05, 4.69) is 62.5 Å². The molecule has 0 saturated heterocycles. The highest BCUT2D eigenvalue weighted by atomic mass is 127. The molecule has 0 N–H and O–H groups in total. The number of imidazole rings is 1. The molecule has 3 aromatic rings. The van der Waals surface area contributed by atoms with E-state index in [1.54, 1.807) is 6.33 Å². The van der Waals surface area contributed by atoms with Gasteiger partial charge in [0.25, 0.3) is 0 Å². The van der Waals surface area contributed by atoms with Crippen LogP contribution in [-0.4, -0.2) is 24.3 Å². The third kappa shape index (κ3) is 2.55. The van der Waals surface area contributed by atoms with Gasteiger partial charge in [0.05, 0.1) is 22.5 Å². The fraction of sp³-hybridized carbons (Fsp3) is 0.357. The zero-order chi connectivity index (χ0) is 15.1. The number of hydrogen-bond acceptors (Lipinski definition) is 3. The van der Waals surface area contributed by atoms with Crippen LogP contribution in [0.3, 0.4) is 0 Å². The lowest BCUT2D eigenvalue weighted by atomic mass is 10.2. The second-order valence-electron chi connectivity index (χ2n) is 5.07. The molecule has 0 saturated carbocycles. The van der Waals surface area contributed by atoms with Crippen molar-refractivity contribution in [2.75, 3.05) is 0 Å². The van der Waals surface area contributed by atoms with Crippen molar-refractivity contribution in [3.8, 4) is 0 Å². The number of alkyl halides is 1. The molecule has 7 heteroatoms. The standard InChI is InChI=1S/C14H15ClIN5/c1-8(15)13-18-11-6-10(16)4-5-12(11)21(13)9(2)14-19-17-7-20(14)3/h4-9H,1-3H3. The molecule has 2 unspecified atom stereocenters. The fourth-order valence-electron chi connectivity index (χ4n) is 2.56. The number of rotatable bonds is 3. The quantitative estimate of drug-likeness (QED) is 0.484. The van der Waals surface area contributed by atoms with Crippen LogP contribution >= 0.6 is 34.2 Å². The SMILES string of the molecule is CC(Cl)c1nc2cc(I)ccc2n1C(C)c1nncn1C. The van der Waals surface area contributed by atoms with Gasteiger partial charge in [-0.15, -0.1) is 21.8 Å². The van der Waals surface area contributed by atoms with E-state index in [9.17, 15) is 0 Å². The Labute approximate surface area is 141 Å². The molecule has 0 aliphatic rings. The number of halogens is 2. The second kappa shape index (κ2) is 5.57. The molecule has 0 spiro atoms. The summed E-state index contributed by atoms with van der Waals surface area (Å²) in [6.07, 6.45) is 1.71. The molecular weight excluding hydrogens is 401 g/mol. The Balaban J connectivity index is 2.24. The Bertz CT molecular complexity index is 792. The molecule has 110 valence electrons. The topological polar surface area (TPSA) is 48.5 Å². The Hall–Kier alpha value is -1.15. The molecular formula is C14H15ClIN5. The van der Waals surface area contributed by atoms with Crippen LogP contribution in [-0.2, 0) is 7.05 Å². The first-order valence-electron chi connectivity index (χ1n) is 6.64. The largest absolute Gasteiger partial charge is 0.319 e. The van der Waals surface area contributed by atoms with Gasteiger partial charge in [0, 0.05) is 10.6 Å². The highest BCUT2D eigenvalue weighted by molar-refractivity contribution is 14.1. The van der Waals surface area contributed by atoms with Crippen molar-refractivity contribution < 1.29 is 0 Å². The van der Waals surface area contributed by atoms with Crippen LogP contribution in [0.2, 0.25) is 0 Å². The van der Waals surface area contributed by atoms with Crippen molar-refractivity contribution in [1.29, 1.82) is 0 Å². The molecule has 0 aliphatic carbocycles. The molecule has 2 heterocycles. The molecule has 3 rings (SSSR count). The smallest absolute Gasteiger partial charge is 0.155 e. The summed E-state index contributed by atoms with van der Waals surface area (Å²) in [5.74, 6) is 1.73. The zero-order valence-corrected chi connectivity index (χ0v) is 14.9. The van der Waals surface area contributed by atoms with Crippen molar-refractivity contribution in [3.63, 3.8) is 0 Å². The summed E-state index contributed by atoms with van der Waals surface area (Å²) in [5, 5.41) is 8.01. The summed E-state index contributed by atoms with van der Waals surface area (Å²) in [5.41, 5.74) is 2.02. The Morgan fingerprint density at radius 2 is 2.00 bits per heavy atom. The Morgan fingerprint density at radius 1 is 1.24 bits per heavy atom. The number of aromatic nitrogens is 5. The number of fused-ring (bicyclic) bond motifs is 1. The van der Waals surface area contributed by atoms with Crippen LogP contribution in [0.25, 0.3) is 11.0 Å². The number of benzene rings is 1. The van der Waals surface area contributed by atoms with Crippen molar-refractivity contribution in [3.05, 3.63) is 39.7 Å². The van der Waals surface area contributed by atoms with Gasteiger partial charge in [0.15, 0.2) is 5.82 Å². The molecule has 21 heavy (non-hydrogen) atoms. The predicted molar refractivity (Wildman–Crippen MR) is 91.5 cm³/mol. The molecule has 0 amide bonds. The van der Waals surface area contributed by atoms with Crippen LogP contribution in [0.15, 0.2) is 24.5 Å². The van der Waals surface area contributed by atoms with Gasteiger partial charge in [-0.2, -0.15) is 0 Å². The summed E-state index contributed by atoms with van der Waals surface area (Å²) in [4.78, 5) is 4.70. The monoisotopic (exact) mass is 415 g/mol. The van der Waals surface area contributed by atoms with Crippen molar-refractivity contribution in [2.45, 2.75) is 25.3 Å². The van der Waals surface area contributed by atoms with E-state index < -0.39 is 0 Å². The predicted octanol–water partition coefficient (Wildman–Crippen LogP) is 3.68. The minimum Gasteiger partial charge on any atom is -0.319 e. The summed E-state index contributed by atoms with van der Waals surface area (Å²) in [6.45, 7) is 4.03. The van der Waals surface area contributed by atoms with Crippen molar-refractivity contribution in [1.82, 2.24) is 24.3 Å². The highest BCUT2D eigenvalue weighted by Gasteiger charge is 2.22. The average molecular weight is 416 g/mol. The lowest BCUT2D eigenvalue weighted by Crippen LogP contribution is -2.15. The van der Waals surface area contributed by atoms with Crippen LogP contribution in [0.1, 0.15) is 36.9 Å². The summed E-state index contributed by atoms with van der Waals surface area (Å²) in [7, 11) is 1.94. The molecule has 0 aliphatic heterocycles. The summed E-state index contributed by atoms with van der Waals surface area (Å²) >= 11 is 8.63. The van der Waals surface area contributed by atoms with Crippen LogP contribution in [0.4, 0.5) is 0 Å². The molecule has 5 nitrogen and oxygen atoms in total. The molecule has 0 fully saturated rings. The minimum atomic E-state index is -0.175. The second-order valence-corrected chi connectivity index (χ2v) is 6.97. The van der Waals surface area contributed by atoms with E-state index in [1.807, 2.05) is 18.5 Å². The van der Waals surface area contributed by atoms with E-state index in [-0.39, 0.29) is 11.4 Å². The maximum Gasteiger partial charge on any atom is 0.155 e. The van der Waals surface area contributed by atoms with Gasteiger partial charge in [0.2, 0.25) is 0 Å². The van der Waals surface area contributed by atoms with Gasteiger partial charge in [-0.1, -0.05) is 0 Å². The molecule has 2 atom stereocenters. The minimum absolute atomic E-state index is 0.0127. The highest BCUT2D eigenvalue weighted by Crippen LogP contribution is 2.30. The van der Waals surface area contributed by atoms with Gasteiger partial charge >= 0.3 is 0 Å². The summed E-state index contributed by atoms with van der Waals surface area (Å²) < 4.78 is 5.23. The van der Waals surface area contributed by atoms with E-state index in [0.717, 1.165) is 26.3 Å².